The average Bonchev–Trinajstić information content (AvgIpc) is 2.78. The van der Waals surface area contributed by atoms with Crippen molar-refractivity contribution in [3.05, 3.63) is 35.4 Å². The van der Waals surface area contributed by atoms with Gasteiger partial charge < -0.3 is 10.5 Å². The molecule has 1 fully saturated rings. The van der Waals surface area contributed by atoms with Gasteiger partial charge in [0.2, 0.25) is 0 Å². The Hall–Kier alpha value is -0.860. The van der Waals surface area contributed by atoms with Gasteiger partial charge >= 0.3 is 0 Å². The van der Waals surface area contributed by atoms with Crippen molar-refractivity contribution in [2.45, 2.75) is 44.8 Å². The average molecular weight is 219 g/mol. The fourth-order valence-corrected chi connectivity index (χ4v) is 2.43. The summed E-state index contributed by atoms with van der Waals surface area (Å²) >= 11 is 0. The molecule has 1 aliphatic rings. The molecule has 0 unspecified atom stereocenters. The monoisotopic (exact) mass is 219 g/mol. The topological polar surface area (TPSA) is 35.2 Å². The maximum atomic E-state index is 6.08. The number of aryl methyl sites for hydroxylation is 1. The largest absolute Gasteiger partial charge is 0.369 e. The van der Waals surface area contributed by atoms with E-state index in [1.807, 2.05) is 0 Å². The predicted octanol–water partition coefficient (Wildman–Crippen LogP) is 2.78. The third kappa shape index (κ3) is 2.45. The minimum Gasteiger partial charge on any atom is -0.369 e. The summed E-state index contributed by atoms with van der Waals surface area (Å²) in [7, 11) is 0. The number of benzene rings is 1. The highest BCUT2D eigenvalue weighted by molar-refractivity contribution is 5.24. The van der Waals surface area contributed by atoms with Gasteiger partial charge in [0, 0.05) is 6.54 Å². The Morgan fingerprint density at radius 1 is 1.25 bits per heavy atom. The molecule has 0 saturated heterocycles. The first kappa shape index (κ1) is 11.6. The smallest absolute Gasteiger partial charge is 0.0808 e. The fraction of sp³-hybridized carbons (Fsp3) is 0.571. The van der Waals surface area contributed by atoms with Crippen molar-refractivity contribution >= 4 is 0 Å². The number of ether oxygens (including phenoxy) is 1. The van der Waals surface area contributed by atoms with Gasteiger partial charge in [0.25, 0.3) is 0 Å². The summed E-state index contributed by atoms with van der Waals surface area (Å²) < 4.78 is 6.08. The van der Waals surface area contributed by atoms with E-state index in [2.05, 4.69) is 31.2 Å². The zero-order valence-corrected chi connectivity index (χ0v) is 10.0. The van der Waals surface area contributed by atoms with Crippen LogP contribution in [0, 0.1) is 6.92 Å². The molecule has 1 saturated carbocycles. The van der Waals surface area contributed by atoms with E-state index in [0.717, 1.165) is 12.8 Å². The maximum absolute atomic E-state index is 6.08. The van der Waals surface area contributed by atoms with E-state index in [9.17, 15) is 0 Å². The molecule has 2 heteroatoms. The lowest BCUT2D eigenvalue weighted by molar-refractivity contribution is -0.0450. The Kier molecular flexibility index (Phi) is 3.62. The Morgan fingerprint density at radius 3 is 2.56 bits per heavy atom. The normalized spacial score (nSPS) is 18.9. The number of hydrogen-bond acceptors (Lipinski definition) is 2. The third-order valence-corrected chi connectivity index (χ3v) is 3.68. The van der Waals surface area contributed by atoms with Crippen LogP contribution in [0.25, 0.3) is 0 Å². The second kappa shape index (κ2) is 4.98. The molecule has 0 aromatic heterocycles. The lowest BCUT2D eigenvalue weighted by Gasteiger charge is -2.28. The summed E-state index contributed by atoms with van der Waals surface area (Å²) in [5.41, 5.74) is 8.39. The van der Waals surface area contributed by atoms with Crippen molar-refractivity contribution in [1.29, 1.82) is 0 Å². The van der Waals surface area contributed by atoms with Crippen LogP contribution >= 0.6 is 0 Å². The summed E-state index contributed by atoms with van der Waals surface area (Å²) in [6, 6.07) is 8.39. The van der Waals surface area contributed by atoms with Gasteiger partial charge in [-0.2, -0.15) is 0 Å². The number of nitrogens with two attached hydrogens (primary N) is 1. The first-order valence-corrected chi connectivity index (χ1v) is 6.14. The van der Waals surface area contributed by atoms with Gasteiger partial charge in [-0.15, -0.1) is 0 Å². The van der Waals surface area contributed by atoms with Gasteiger partial charge in [-0.3, -0.25) is 0 Å². The summed E-state index contributed by atoms with van der Waals surface area (Å²) in [6.45, 7) is 3.48. The molecule has 0 heterocycles. The molecule has 88 valence electrons. The second-order valence-corrected chi connectivity index (χ2v) is 4.81. The van der Waals surface area contributed by atoms with Crippen LogP contribution < -0.4 is 5.73 Å². The minimum absolute atomic E-state index is 0.0394. The molecule has 2 rings (SSSR count). The van der Waals surface area contributed by atoms with Crippen LogP contribution in [0.1, 0.15) is 36.8 Å². The van der Waals surface area contributed by atoms with Gasteiger partial charge in [-0.1, -0.05) is 37.1 Å². The first-order chi connectivity index (χ1) is 7.76. The van der Waals surface area contributed by atoms with Crippen molar-refractivity contribution in [3.8, 4) is 0 Å². The van der Waals surface area contributed by atoms with E-state index in [1.54, 1.807) is 0 Å². The van der Waals surface area contributed by atoms with Crippen LogP contribution in [-0.4, -0.2) is 12.1 Å². The summed E-state index contributed by atoms with van der Waals surface area (Å²) in [6.07, 6.45) is 4.75. The van der Waals surface area contributed by atoms with Gasteiger partial charge in [0.05, 0.1) is 12.2 Å². The number of rotatable bonds is 4. The molecule has 0 bridgehead atoms. The summed E-state index contributed by atoms with van der Waals surface area (Å²) in [4.78, 5) is 0. The van der Waals surface area contributed by atoms with Crippen molar-refractivity contribution in [2.75, 3.05) is 6.54 Å². The fourth-order valence-electron chi connectivity index (χ4n) is 2.43. The lowest BCUT2D eigenvalue weighted by Crippen LogP contribution is -2.37. The van der Waals surface area contributed by atoms with E-state index in [1.165, 1.54) is 24.0 Å². The Morgan fingerprint density at radius 2 is 1.94 bits per heavy atom. The summed E-state index contributed by atoms with van der Waals surface area (Å²) in [5, 5.41) is 0. The molecule has 1 aliphatic carbocycles. The minimum atomic E-state index is -0.0394. The van der Waals surface area contributed by atoms with Crippen LogP contribution in [0.3, 0.4) is 0 Å². The Balaban J connectivity index is 1.98. The Labute approximate surface area is 97.8 Å². The van der Waals surface area contributed by atoms with E-state index in [0.29, 0.717) is 13.2 Å². The van der Waals surface area contributed by atoms with Crippen LogP contribution in [0.4, 0.5) is 0 Å². The highest BCUT2D eigenvalue weighted by Crippen LogP contribution is 2.33. The molecular formula is C14H21NO. The molecule has 1 aromatic carbocycles. The van der Waals surface area contributed by atoms with Crippen molar-refractivity contribution in [3.63, 3.8) is 0 Å². The van der Waals surface area contributed by atoms with E-state index >= 15 is 0 Å². The molecule has 0 radical (unpaired) electrons. The van der Waals surface area contributed by atoms with E-state index < -0.39 is 0 Å². The molecule has 2 N–H and O–H groups in total. The van der Waals surface area contributed by atoms with E-state index in [4.69, 9.17) is 10.5 Å². The standard InChI is InChI=1S/C14H21NO/c1-12-6-2-3-7-13(12)10-16-14(11-15)8-4-5-9-14/h2-3,6-7H,4-5,8-11,15H2,1H3. The maximum Gasteiger partial charge on any atom is 0.0808 e. The van der Waals surface area contributed by atoms with Gasteiger partial charge in [-0.05, 0) is 30.9 Å². The highest BCUT2D eigenvalue weighted by Gasteiger charge is 2.33. The molecule has 0 amide bonds. The van der Waals surface area contributed by atoms with Crippen LogP contribution in [0.15, 0.2) is 24.3 Å². The van der Waals surface area contributed by atoms with Gasteiger partial charge in [-0.25, -0.2) is 0 Å². The van der Waals surface area contributed by atoms with Crippen molar-refractivity contribution in [1.82, 2.24) is 0 Å². The number of hydrogen-bond donors (Lipinski definition) is 1. The molecule has 2 nitrogen and oxygen atoms in total. The highest BCUT2D eigenvalue weighted by atomic mass is 16.5. The quantitative estimate of drug-likeness (QED) is 0.845. The second-order valence-electron chi connectivity index (χ2n) is 4.81. The molecule has 1 aromatic rings. The summed E-state index contributed by atoms with van der Waals surface area (Å²) in [5.74, 6) is 0. The molecular weight excluding hydrogens is 198 g/mol. The Bertz CT molecular complexity index is 342. The molecule has 0 aliphatic heterocycles. The first-order valence-electron chi connectivity index (χ1n) is 6.14. The lowest BCUT2D eigenvalue weighted by atomic mass is 10.0. The van der Waals surface area contributed by atoms with Gasteiger partial charge in [0.15, 0.2) is 0 Å². The molecule has 0 spiro atoms. The zero-order valence-electron chi connectivity index (χ0n) is 10.0. The van der Waals surface area contributed by atoms with Crippen LogP contribution in [-0.2, 0) is 11.3 Å². The zero-order chi connectivity index (χ0) is 11.4. The molecule has 0 atom stereocenters. The van der Waals surface area contributed by atoms with Crippen LogP contribution in [0.2, 0.25) is 0 Å². The SMILES string of the molecule is Cc1ccccc1COC1(CN)CCCC1. The van der Waals surface area contributed by atoms with Crippen molar-refractivity contribution in [2.24, 2.45) is 5.73 Å². The molecule has 16 heavy (non-hydrogen) atoms. The van der Waals surface area contributed by atoms with Crippen molar-refractivity contribution < 1.29 is 4.74 Å². The predicted molar refractivity (Wildman–Crippen MR) is 66.2 cm³/mol. The third-order valence-electron chi connectivity index (χ3n) is 3.68. The van der Waals surface area contributed by atoms with E-state index in [-0.39, 0.29) is 5.60 Å². The van der Waals surface area contributed by atoms with Crippen LogP contribution in [0.5, 0.6) is 0 Å². The van der Waals surface area contributed by atoms with Gasteiger partial charge in [0.1, 0.15) is 0 Å².